The van der Waals surface area contributed by atoms with Gasteiger partial charge in [0.05, 0.1) is 0 Å². The van der Waals surface area contributed by atoms with Crippen molar-refractivity contribution in [1.29, 1.82) is 0 Å². The molecular formula is C20H30N2O. The number of benzene rings is 1. The summed E-state index contributed by atoms with van der Waals surface area (Å²) in [5.74, 6) is 0.924. The highest BCUT2D eigenvalue weighted by Crippen LogP contribution is 2.20. The van der Waals surface area contributed by atoms with E-state index in [4.69, 9.17) is 0 Å². The Labute approximate surface area is 141 Å². The molecule has 0 saturated carbocycles. The van der Waals surface area contributed by atoms with Crippen molar-refractivity contribution >= 4 is 11.5 Å². The molecule has 1 saturated heterocycles. The van der Waals surface area contributed by atoms with E-state index < -0.39 is 0 Å². The fourth-order valence-corrected chi connectivity index (χ4v) is 2.96. The van der Waals surface area contributed by atoms with Crippen LogP contribution in [0.5, 0.6) is 0 Å². The standard InChI is InChI=1S/C20H30N2O/c1-15(2)18-6-8-19(9-7-18)17(5)14-21-10-12-22(13-11-21)20(23)16(3)4/h6-9,15-16H,5,10-14H2,1-4H3. The number of rotatable bonds is 5. The molecule has 23 heavy (non-hydrogen) atoms. The maximum absolute atomic E-state index is 12.0. The largest absolute Gasteiger partial charge is 0.340 e. The van der Waals surface area contributed by atoms with Crippen LogP contribution in [0.2, 0.25) is 0 Å². The molecule has 0 N–H and O–H groups in total. The average Bonchev–Trinajstić information content (AvgIpc) is 2.54. The van der Waals surface area contributed by atoms with Gasteiger partial charge in [0.15, 0.2) is 0 Å². The molecule has 0 unspecified atom stereocenters. The van der Waals surface area contributed by atoms with Gasteiger partial charge in [-0.25, -0.2) is 0 Å². The van der Waals surface area contributed by atoms with Crippen LogP contribution in [0.4, 0.5) is 0 Å². The van der Waals surface area contributed by atoms with Gasteiger partial charge >= 0.3 is 0 Å². The Kier molecular flexibility index (Phi) is 6.00. The summed E-state index contributed by atoms with van der Waals surface area (Å²) in [4.78, 5) is 16.4. The Morgan fingerprint density at radius 2 is 1.61 bits per heavy atom. The van der Waals surface area contributed by atoms with Crippen LogP contribution in [0.1, 0.15) is 44.7 Å². The van der Waals surface area contributed by atoms with Gasteiger partial charge in [-0.1, -0.05) is 58.5 Å². The number of carbonyl (C=O) groups is 1. The van der Waals surface area contributed by atoms with Crippen LogP contribution >= 0.6 is 0 Å². The van der Waals surface area contributed by atoms with Crippen LogP contribution in [-0.2, 0) is 4.79 Å². The molecule has 126 valence electrons. The maximum atomic E-state index is 12.0. The first-order valence-electron chi connectivity index (χ1n) is 8.67. The Bertz CT molecular complexity index is 537. The zero-order valence-corrected chi connectivity index (χ0v) is 15.0. The Morgan fingerprint density at radius 3 is 2.09 bits per heavy atom. The molecule has 1 aliphatic rings. The summed E-state index contributed by atoms with van der Waals surface area (Å²) in [7, 11) is 0. The minimum atomic E-state index is 0.0935. The Hall–Kier alpha value is -1.61. The van der Waals surface area contributed by atoms with Crippen LogP contribution < -0.4 is 0 Å². The lowest BCUT2D eigenvalue weighted by molar-refractivity contribution is -0.136. The molecular weight excluding hydrogens is 284 g/mol. The normalized spacial score (nSPS) is 16.2. The molecule has 1 aromatic carbocycles. The van der Waals surface area contributed by atoms with Gasteiger partial charge < -0.3 is 4.90 Å². The second-order valence-electron chi connectivity index (χ2n) is 7.14. The summed E-state index contributed by atoms with van der Waals surface area (Å²) >= 11 is 0. The number of nitrogens with zero attached hydrogens (tertiary/aromatic N) is 2. The molecule has 0 aromatic heterocycles. The van der Waals surface area contributed by atoms with E-state index in [1.807, 2.05) is 18.7 Å². The van der Waals surface area contributed by atoms with Gasteiger partial charge in [0.2, 0.25) is 5.91 Å². The first-order chi connectivity index (χ1) is 10.9. The third-order valence-corrected chi connectivity index (χ3v) is 4.58. The van der Waals surface area contributed by atoms with E-state index in [9.17, 15) is 4.79 Å². The van der Waals surface area contributed by atoms with Gasteiger partial charge in [-0.3, -0.25) is 9.69 Å². The van der Waals surface area contributed by atoms with Gasteiger partial charge in [0.25, 0.3) is 0 Å². The van der Waals surface area contributed by atoms with E-state index in [-0.39, 0.29) is 11.8 Å². The second kappa shape index (κ2) is 7.78. The lowest BCUT2D eigenvalue weighted by atomic mass is 9.99. The topological polar surface area (TPSA) is 23.6 Å². The zero-order chi connectivity index (χ0) is 17.0. The summed E-state index contributed by atoms with van der Waals surface area (Å²) in [6.07, 6.45) is 0. The van der Waals surface area contributed by atoms with Crippen molar-refractivity contribution in [3.8, 4) is 0 Å². The second-order valence-corrected chi connectivity index (χ2v) is 7.14. The molecule has 0 atom stereocenters. The third kappa shape index (κ3) is 4.68. The van der Waals surface area contributed by atoms with Crippen LogP contribution in [0, 0.1) is 5.92 Å². The van der Waals surface area contributed by atoms with E-state index in [1.54, 1.807) is 0 Å². The predicted octanol–water partition coefficient (Wildman–Crippen LogP) is 3.62. The SMILES string of the molecule is C=C(CN1CCN(C(=O)C(C)C)CC1)c1ccc(C(C)C)cc1. The number of hydrogen-bond acceptors (Lipinski definition) is 2. The van der Waals surface area contributed by atoms with Crippen molar-refractivity contribution in [2.24, 2.45) is 5.92 Å². The molecule has 1 aliphatic heterocycles. The van der Waals surface area contributed by atoms with E-state index in [0.717, 1.165) is 38.3 Å². The minimum absolute atomic E-state index is 0.0935. The van der Waals surface area contributed by atoms with E-state index in [2.05, 4.69) is 49.6 Å². The molecule has 3 heteroatoms. The number of carbonyl (C=O) groups excluding carboxylic acids is 1. The van der Waals surface area contributed by atoms with Crippen LogP contribution in [0.15, 0.2) is 30.8 Å². The van der Waals surface area contributed by atoms with Crippen molar-refractivity contribution in [1.82, 2.24) is 9.80 Å². The van der Waals surface area contributed by atoms with Crippen molar-refractivity contribution in [3.05, 3.63) is 42.0 Å². The molecule has 2 rings (SSSR count). The highest BCUT2D eigenvalue weighted by atomic mass is 16.2. The summed E-state index contributed by atoms with van der Waals surface area (Å²) in [5.41, 5.74) is 3.74. The molecule has 1 amide bonds. The fourth-order valence-electron chi connectivity index (χ4n) is 2.96. The first-order valence-corrected chi connectivity index (χ1v) is 8.67. The lowest BCUT2D eigenvalue weighted by Gasteiger charge is -2.36. The summed E-state index contributed by atoms with van der Waals surface area (Å²) in [6.45, 7) is 17.0. The molecule has 1 aromatic rings. The van der Waals surface area contributed by atoms with Gasteiger partial charge in [-0.2, -0.15) is 0 Å². The van der Waals surface area contributed by atoms with E-state index >= 15 is 0 Å². The molecule has 1 heterocycles. The summed E-state index contributed by atoms with van der Waals surface area (Å²) in [6, 6.07) is 8.75. The Morgan fingerprint density at radius 1 is 1.04 bits per heavy atom. The predicted molar refractivity (Wildman–Crippen MR) is 97.4 cm³/mol. The quantitative estimate of drug-likeness (QED) is 0.828. The van der Waals surface area contributed by atoms with Crippen LogP contribution in [-0.4, -0.2) is 48.4 Å². The monoisotopic (exact) mass is 314 g/mol. The van der Waals surface area contributed by atoms with Crippen molar-refractivity contribution in [2.75, 3.05) is 32.7 Å². The van der Waals surface area contributed by atoms with Gasteiger partial charge in [0, 0.05) is 38.6 Å². The highest BCUT2D eigenvalue weighted by molar-refractivity contribution is 5.78. The minimum Gasteiger partial charge on any atom is -0.340 e. The molecule has 0 spiro atoms. The van der Waals surface area contributed by atoms with E-state index in [0.29, 0.717) is 5.92 Å². The van der Waals surface area contributed by atoms with Crippen LogP contribution in [0.25, 0.3) is 5.57 Å². The van der Waals surface area contributed by atoms with E-state index in [1.165, 1.54) is 11.1 Å². The number of piperazine rings is 1. The average molecular weight is 314 g/mol. The molecule has 1 fully saturated rings. The first kappa shape index (κ1) is 17.7. The zero-order valence-electron chi connectivity index (χ0n) is 15.0. The Balaban J connectivity index is 1.86. The van der Waals surface area contributed by atoms with Gasteiger partial charge in [0.1, 0.15) is 0 Å². The smallest absolute Gasteiger partial charge is 0.225 e. The van der Waals surface area contributed by atoms with Crippen molar-refractivity contribution < 1.29 is 4.79 Å². The third-order valence-electron chi connectivity index (χ3n) is 4.58. The van der Waals surface area contributed by atoms with Crippen molar-refractivity contribution in [2.45, 2.75) is 33.6 Å². The molecule has 0 radical (unpaired) electrons. The highest BCUT2D eigenvalue weighted by Gasteiger charge is 2.23. The summed E-state index contributed by atoms with van der Waals surface area (Å²) in [5, 5.41) is 0. The molecule has 0 bridgehead atoms. The number of amides is 1. The van der Waals surface area contributed by atoms with Gasteiger partial charge in [-0.15, -0.1) is 0 Å². The molecule has 0 aliphatic carbocycles. The van der Waals surface area contributed by atoms with Crippen LogP contribution in [0.3, 0.4) is 0 Å². The maximum Gasteiger partial charge on any atom is 0.225 e. The lowest BCUT2D eigenvalue weighted by Crippen LogP contribution is -2.50. The summed E-state index contributed by atoms with van der Waals surface area (Å²) < 4.78 is 0. The van der Waals surface area contributed by atoms with Crippen molar-refractivity contribution in [3.63, 3.8) is 0 Å². The molecule has 3 nitrogen and oxygen atoms in total. The van der Waals surface area contributed by atoms with Gasteiger partial charge in [-0.05, 0) is 22.6 Å². The fraction of sp³-hybridized carbons (Fsp3) is 0.550. The number of hydrogen-bond donors (Lipinski definition) is 0.